The molecule has 0 unspecified atom stereocenters. The van der Waals surface area contributed by atoms with Crippen LogP contribution in [0.25, 0.3) is 0 Å². The number of rotatable bonds is 14. The topological polar surface area (TPSA) is 171 Å². The highest BCUT2D eigenvalue weighted by atomic mass is 32.2. The lowest BCUT2D eigenvalue weighted by atomic mass is 9.70. The minimum absolute atomic E-state index is 0.0281. The van der Waals surface area contributed by atoms with Crippen LogP contribution >= 0.6 is 0 Å². The lowest BCUT2D eigenvalue weighted by Crippen LogP contribution is -2.65. The molecule has 0 bridgehead atoms. The molecular formula is C39H62FN5O7S. The Morgan fingerprint density at radius 3 is 2.04 bits per heavy atom. The van der Waals surface area contributed by atoms with Gasteiger partial charge in [-0.25, -0.2) is 17.6 Å². The van der Waals surface area contributed by atoms with E-state index in [2.05, 4.69) is 41.7 Å². The summed E-state index contributed by atoms with van der Waals surface area (Å²) in [5.41, 5.74) is -1.82. The fourth-order valence-electron chi connectivity index (χ4n) is 9.28. The van der Waals surface area contributed by atoms with Crippen LogP contribution in [0.3, 0.4) is 0 Å². The monoisotopic (exact) mass is 763 g/mol. The third-order valence-electron chi connectivity index (χ3n) is 13.1. The summed E-state index contributed by atoms with van der Waals surface area (Å²) in [6.07, 6.45) is 9.67. The van der Waals surface area contributed by atoms with E-state index in [0.29, 0.717) is 32.2 Å². The second-order valence-corrected chi connectivity index (χ2v) is 21.4. The average Bonchev–Trinajstić information content (AvgIpc) is 3.92. The maximum absolute atomic E-state index is 14.9. The van der Waals surface area contributed by atoms with Crippen LogP contribution in [-0.4, -0.2) is 90.1 Å². The number of likely N-dealkylation sites (tertiary alicyclic amines) is 1. The second kappa shape index (κ2) is 15.2. The fraction of sp³-hybridized carbons (Fsp3) is 0.821. The number of halogens is 1. The van der Waals surface area contributed by atoms with Gasteiger partial charge in [-0.3, -0.25) is 19.2 Å². The number of piperidine rings is 1. The number of fused-ring (bicyclic) bond motifs is 1. The number of amides is 5. The molecule has 0 aromatic carbocycles. The molecule has 1 heterocycles. The summed E-state index contributed by atoms with van der Waals surface area (Å²) in [6, 6.07) is -3.63. The number of carbonyl (C=O) groups excluding carboxylic acids is 5. The Bertz CT molecular complexity index is 1570. The Balaban J connectivity index is 1.39. The van der Waals surface area contributed by atoms with Gasteiger partial charge < -0.3 is 26.2 Å². The first-order valence-corrected chi connectivity index (χ1v) is 21.3. The van der Waals surface area contributed by atoms with Gasteiger partial charge in [0.2, 0.25) is 17.6 Å². The van der Waals surface area contributed by atoms with Crippen molar-refractivity contribution in [1.29, 1.82) is 0 Å². The molecule has 298 valence electrons. The van der Waals surface area contributed by atoms with E-state index in [0.717, 1.165) is 51.4 Å². The molecule has 4 saturated carbocycles. The van der Waals surface area contributed by atoms with E-state index in [-0.39, 0.29) is 41.2 Å². The molecule has 0 radical (unpaired) electrons. The molecule has 4 N–H and O–H groups in total. The number of Topliss-reactive ketones (excluding diaryl/α,β-unsaturated/α-hetero) is 1. The second-order valence-electron chi connectivity index (χ2n) is 18.7. The van der Waals surface area contributed by atoms with E-state index in [1.165, 1.54) is 0 Å². The molecule has 5 aliphatic rings. The number of ketones is 1. The maximum Gasteiger partial charge on any atom is 0.315 e. The van der Waals surface area contributed by atoms with Crippen molar-refractivity contribution in [3.05, 3.63) is 12.4 Å². The SMILES string of the molecule is C=C(F)CNC(=O)C(=O)[C@H](CC1CC1)NC(=O)[C@@H]1[C@@H]2[C@H](CN1C(=O)[C@@H](NC(=O)NC1(CS(=O)(=O)C(C)(C)C)CCCCC1)C1(C)CCCCC1)C2(C)C. The number of sulfone groups is 1. The minimum atomic E-state index is -3.59. The molecule has 5 atom stereocenters. The van der Waals surface area contributed by atoms with Gasteiger partial charge in [0.25, 0.3) is 5.91 Å². The predicted molar refractivity (Wildman–Crippen MR) is 200 cm³/mol. The van der Waals surface area contributed by atoms with Crippen molar-refractivity contribution in [2.45, 2.75) is 153 Å². The fourth-order valence-corrected chi connectivity index (χ4v) is 10.8. The van der Waals surface area contributed by atoms with Crippen LogP contribution in [-0.2, 0) is 29.0 Å². The standard InChI is InChI=1S/C39H62FN5O7S/c1-24(40)21-41-33(48)30(46)27(20-25-14-15-25)42-32(47)29-28-26(37(28,5)6)22-45(29)34(49)31(38(7)16-10-8-11-17-38)43-35(50)44-39(18-12-9-13-19-39)23-53(51,52)36(2,3)4/h25-29,31H,1,8-23H2,2-7H3,(H,41,48)(H,42,47)(H2,43,44,50)/t26-,27-,28-,29-,31+/m0/s1. The van der Waals surface area contributed by atoms with Crippen LogP contribution in [0.1, 0.15) is 125 Å². The highest BCUT2D eigenvalue weighted by molar-refractivity contribution is 7.92. The van der Waals surface area contributed by atoms with Gasteiger partial charge in [-0.1, -0.05) is 78.7 Å². The summed E-state index contributed by atoms with van der Waals surface area (Å²) in [7, 11) is -3.59. The van der Waals surface area contributed by atoms with Crippen molar-refractivity contribution < 1.29 is 36.8 Å². The van der Waals surface area contributed by atoms with Crippen molar-refractivity contribution in [3.63, 3.8) is 0 Å². The third-order valence-corrected chi connectivity index (χ3v) is 15.9. The number of hydrogen-bond acceptors (Lipinski definition) is 7. The molecule has 1 aliphatic heterocycles. The first-order chi connectivity index (χ1) is 24.6. The van der Waals surface area contributed by atoms with Crippen LogP contribution < -0.4 is 21.3 Å². The summed E-state index contributed by atoms with van der Waals surface area (Å²) < 4.78 is 39.2. The van der Waals surface area contributed by atoms with Gasteiger partial charge in [-0.15, -0.1) is 0 Å². The lowest BCUT2D eigenvalue weighted by molar-refractivity contribution is -0.146. The highest BCUT2D eigenvalue weighted by Crippen LogP contribution is 2.65. The van der Waals surface area contributed by atoms with E-state index in [9.17, 15) is 36.8 Å². The maximum atomic E-state index is 14.9. The zero-order valence-electron chi connectivity index (χ0n) is 32.6. The van der Waals surface area contributed by atoms with Crippen molar-refractivity contribution in [2.75, 3.05) is 18.8 Å². The molecule has 4 aliphatic carbocycles. The Morgan fingerprint density at radius 1 is 0.906 bits per heavy atom. The number of hydrogen-bond donors (Lipinski definition) is 4. The van der Waals surface area contributed by atoms with Gasteiger partial charge in [-0.05, 0) is 81.5 Å². The van der Waals surface area contributed by atoms with Gasteiger partial charge in [0.15, 0.2) is 9.84 Å². The van der Waals surface area contributed by atoms with Crippen molar-refractivity contribution in [1.82, 2.24) is 26.2 Å². The quantitative estimate of drug-likeness (QED) is 0.189. The van der Waals surface area contributed by atoms with E-state index >= 15 is 0 Å². The van der Waals surface area contributed by atoms with Gasteiger partial charge in [0.1, 0.15) is 17.9 Å². The molecular weight excluding hydrogens is 702 g/mol. The van der Waals surface area contributed by atoms with Crippen molar-refractivity contribution in [3.8, 4) is 0 Å². The zero-order valence-corrected chi connectivity index (χ0v) is 33.4. The lowest BCUT2D eigenvalue weighted by Gasteiger charge is -2.44. The molecule has 12 nitrogen and oxygen atoms in total. The zero-order chi connectivity index (χ0) is 39.1. The van der Waals surface area contributed by atoms with Gasteiger partial charge in [0.05, 0.1) is 28.6 Å². The largest absolute Gasteiger partial charge is 0.344 e. The van der Waals surface area contributed by atoms with Crippen LogP contribution in [0.4, 0.5) is 9.18 Å². The number of nitrogens with zero attached hydrogens (tertiary/aromatic N) is 1. The predicted octanol–water partition coefficient (Wildman–Crippen LogP) is 4.48. The highest BCUT2D eigenvalue weighted by Gasteiger charge is 2.70. The molecule has 5 amide bonds. The number of nitrogens with one attached hydrogen (secondary N) is 4. The minimum Gasteiger partial charge on any atom is -0.344 e. The van der Waals surface area contributed by atoms with E-state index in [1.807, 2.05) is 6.92 Å². The van der Waals surface area contributed by atoms with Gasteiger partial charge in [0, 0.05) is 6.54 Å². The average molecular weight is 764 g/mol. The number of urea groups is 1. The van der Waals surface area contributed by atoms with Crippen LogP contribution in [0.5, 0.6) is 0 Å². The van der Waals surface area contributed by atoms with Crippen LogP contribution in [0.2, 0.25) is 0 Å². The Morgan fingerprint density at radius 2 is 1.49 bits per heavy atom. The van der Waals surface area contributed by atoms with E-state index < -0.39 is 79.7 Å². The Hall–Kier alpha value is -3.03. The molecule has 5 rings (SSSR count). The van der Waals surface area contributed by atoms with Crippen LogP contribution in [0, 0.1) is 28.6 Å². The van der Waals surface area contributed by atoms with E-state index in [4.69, 9.17) is 0 Å². The summed E-state index contributed by atoms with van der Waals surface area (Å²) in [4.78, 5) is 70.8. The Kier molecular flexibility index (Phi) is 11.8. The summed E-state index contributed by atoms with van der Waals surface area (Å²) in [5, 5.41) is 11.1. The summed E-state index contributed by atoms with van der Waals surface area (Å²) in [5.74, 6) is -3.77. The molecule has 0 spiro atoms. The van der Waals surface area contributed by atoms with E-state index in [1.54, 1.807) is 25.7 Å². The van der Waals surface area contributed by atoms with Crippen molar-refractivity contribution >= 4 is 39.4 Å². The summed E-state index contributed by atoms with van der Waals surface area (Å²) >= 11 is 0. The molecule has 0 aromatic heterocycles. The normalized spacial score (nSPS) is 27.0. The first kappa shape index (κ1) is 41.1. The van der Waals surface area contributed by atoms with Gasteiger partial charge >= 0.3 is 6.03 Å². The molecule has 14 heteroatoms. The van der Waals surface area contributed by atoms with Gasteiger partial charge in [-0.2, -0.15) is 0 Å². The molecule has 0 aromatic rings. The van der Waals surface area contributed by atoms with Crippen LogP contribution in [0.15, 0.2) is 12.4 Å². The third kappa shape index (κ3) is 9.10. The molecule has 53 heavy (non-hydrogen) atoms. The molecule has 5 fully saturated rings. The summed E-state index contributed by atoms with van der Waals surface area (Å²) in [6.45, 7) is 14.0. The first-order valence-electron chi connectivity index (χ1n) is 19.7. The smallest absolute Gasteiger partial charge is 0.315 e. The molecule has 1 saturated heterocycles. The Labute approximate surface area is 314 Å². The van der Waals surface area contributed by atoms with Crippen molar-refractivity contribution in [2.24, 2.45) is 28.6 Å². The number of carbonyl (C=O) groups is 5.